The molecule has 3 aromatic rings. The first kappa shape index (κ1) is 17.5. The van der Waals surface area contributed by atoms with E-state index in [4.69, 9.17) is 4.74 Å². The van der Waals surface area contributed by atoms with Crippen LogP contribution in [0.4, 0.5) is 5.69 Å². The van der Waals surface area contributed by atoms with Gasteiger partial charge in [0.25, 0.3) is 5.91 Å². The molecule has 1 aliphatic heterocycles. The van der Waals surface area contributed by atoms with Gasteiger partial charge < -0.3 is 14.5 Å². The lowest BCUT2D eigenvalue weighted by Crippen LogP contribution is -2.48. The van der Waals surface area contributed by atoms with Crippen LogP contribution in [0, 0.1) is 0 Å². The second-order valence-corrected chi connectivity index (χ2v) is 7.02. The Kier molecular flexibility index (Phi) is 5.02. The zero-order chi connectivity index (χ0) is 18.6. The highest BCUT2D eigenvalue weighted by Crippen LogP contribution is 2.29. The number of carbonyl (C=O) groups is 1. The molecular formula is C20H20N4O2S. The van der Waals surface area contributed by atoms with Gasteiger partial charge >= 0.3 is 0 Å². The molecule has 1 fully saturated rings. The molecule has 2 aromatic carbocycles. The molecule has 0 radical (unpaired) electrons. The molecule has 0 N–H and O–H groups in total. The quantitative estimate of drug-likeness (QED) is 0.696. The predicted octanol–water partition coefficient (Wildman–Crippen LogP) is 3.18. The summed E-state index contributed by atoms with van der Waals surface area (Å²) in [6.45, 7) is 2.84. The molecular weight excluding hydrogens is 360 g/mol. The van der Waals surface area contributed by atoms with E-state index in [1.165, 1.54) is 0 Å². The minimum absolute atomic E-state index is 0.00327. The molecule has 0 saturated carbocycles. The van der Waals surface area contributed by atoms with E-state index >= 15 is 0 Å². The minimum atomic E-state index is 0.00327. The summed E-state index contributed by atoms with van der Waals surface area (Å²) in [7, 11) is 1.68. The van der Waals surface area contributed by atoms with Gasteiger partial charge in [-0.15, -0.1) is 5.10 Å². The van der Waals surface area contributed by atoms with Gasteiger partial charge in [0.05, 0.1) is 12.8 Å². The summed E-state index contributed by atoms with van der Waals surface area (Å²) < 4.78 is 9.48. The summed E-state index contributed by atoms with van der Waals surface area (Å²) in [5.41, 5.74) is 2.65. The number of carbonyl (C=O) groups excluding carboxylic acids is 1. The van der Waals surface area contributed by atoms with Crippen molar-refractivity contribution in [2.24, 2.45) is 0 Å². The molecule has 0 spiro atoms. The van der Waals surface area contributed by atoms with Crippen molar-refractivity contribution in [3.05, 3.63) is 59.5 Å². The van der Waals surface area contributed by atoms with E-state index < -0.39 is 0 Å². The third kappa shape index (κ3) is 3.50. The summed E-state index contributed by atoms with van der Waals surface area (Å²) in [6.07, 6.45) is 0. The highest BCUT2D eigenvalue weighted by molar-refractivity contribution is 7.08. The van der Waals surface area contributed by atoms with Gasteiger partial charge in [0, 0.05) is 31.7 Å². The predicted molar refractivity (Wildman–Crippen MR) is 106 cm³/mol. The number of ether oxygens (including phenoxy) is 1. The van der Waals surface area contributed by atoms with Gasteiger partial charge in [-0.1, -0.05) is 47.0 Å². The van der Waals surface area contributed by atoms with Gasteiger partial charge in [0.15, 0.2) is 0 Å². The maximum atomic E-state index is 13.0. The van der Waals surface area contributed by atoms with E-state index in [1.54, 1.807) is 7.11 Å². The lowest BCUT2D eigenvalue weighted by atomic mass is 10.1. The zero-order valence-corrected chi connectivity index (χ0v) is 15.9. The number of methoxy groups -OCH3 is 1. The third-order valence-corrected chi connectivity index (χ3v) is 5.44. The molecule has 1 aromatic heterocycles. The van der Waals surface area contributed by atoms with Crippen molar-refractivity contribution in [1.29, 1.82) is 0 Å². The first-order chi connectivity index (χ1) is 13.3. The second-order valence-electron chi connectivity index (χ2n) is 6.27. The summed E-state index contributed by atoms with van der Waals surface area (Å²) in [5.74, 6) is 0.860. The summed E-state index contributed by atoms with van der Waals surface area (Å²) in [6, 6.07) is 17.7. The van der Waals surface area contributed by atoms with E-state index in [2.05, 4.69) is 20.6 Å². The molecule has 7 heteroatoms. The van der Waals surface area contributed by atoms with Crippen LogP contribution in [0.1, 0.15) is 9.67 Å². The number of piperazine rings is 1. The normalized spacial score (nSPS) is 14.3. The fraction of sp³-hybridized carbons (Fsp3) is 0.250. The van der Waals surface area contributed by atoms with Crippen LogP contribution in [0.25, 0.3) is 11.3 Å². The van der Waals surface area contributed by atoms with Crippen LogP contribution in [0.15, 0.2) is 54.6 Å². The summed E-state index contributed by atoms with van der Waals surface area (Å²) >= 11 is 1.16. The molecule has 0 bridgehead atoms. The number of nitrogens with zero attached hydrogens (tertiary/aromatic N) is 4. The SMILES string of the molecule is COc1ccccc1N1CCN(C(=O)c2snnc2-c2ccccc2)CC1. The van der Waals surface area contributed by atoms with Crippen molar-refractivity contribution in [2.75, 3.05) is 38.2 Å². The van der Waals surface area contributed by atoms with Crippen LogP contribution < -0.4 is 9.64 Å². The molecule has 2 heterocycles. The number of aromatic nitrogens is 2. The van der Waals surface area contributed by atoms with E-state index in [9.17, 15) is 4.79 Å². The Labute approximate surface area is 162 Å². The van der Waals surface area contributed by atoms with E-state index in [-0.39, 0.29) is 5.91 Å². The monoisotopic (exact) mass is 380 g/mol. The van der Waals surface area contributed by atoms with Gasteiger partial charge in [-0.3, -0.25) is 4.79 Å². The standard InChI is InChI=1S/C20H20N4O2S/c1-26-17-10-6-5-9-16(17)23-11-13-24(14-12-23)20(25)19-18(21-22-27-19)15-7-3-2-4-8-15/h2-10H,11-14H2,1H3. The number of anilines is 1. The molecule has 27 heavy (non-hydrogen) atoms. The van der Waals surface area contributed by atoms with Crippen molar-refractivity contribution in [2.45, 2.75) is 0 Å². The van der Waals surface area contributed by atoms with Crippen LogP contribution >= 0.6 is 11.5 Å². The Bertz CT molecular complexity index is 920. The average molecular weight is 380 g/mol. The second kappa shape index (κ2) is 7.75. The van der Waals surface area contributed by atoms with Crippen molar-refractivity contribution in [3.63, 3.8) is 0 Å². The average Bonchev–Trinajstić information content (AvgIpc) is 3.24. The minimum Gasteiger partial charge on any atom is -0.495 e. The molecule has 1 aliphatic rings. The third-order valence-electron chi connectivity index (χ3n) is 4.72. The Balaban J connectivity index is 1.48. The van der Waals surface area contributed by atoms with Crippen LogP contribution in [0.2, 0.25) is 0 Å². The number of amides is 1. The number of benzene rings is 2. The van der Waals surface area contributed by atoms with Gasteiger partial charge in [-0.25, -0.2) is 0 Å². The van der Waals surface area contributed by atoms with Crippen molar-refractivity contribution in [3.8, 4) is 17.0 Å². The van der Waals surface area contributed by atoms with Gasteiger partial charge in [-0.2, -0.15) is 0 Å². The van der Waals surface area contributed by atoms with Crippen molar-refractivity contribution >= 4 is 23.1 Å². The lowest BCUT2D eigenvalue weighted by molar-refractivity contribution is 0.0752. The maximum absolute atomic E-state index is 13.0. The molecule has 138 valence electrons. The fourth-order valence-electron chi connectivity index (χ4n) is 3.30. The van der Waals surface area contributed by atoms with E-state index in [0.29, 0.717) is 23.7 Å². The van der Waals surface area contributed by atoms with E-state index in [0.717, 1.165) is 41.6 Å². The molecule has 0 aliphatic carbocycles. The number of hydrogen-bond donors (Lipinski definition) is 0. The topological polar surface area (TPSA) is 58.6 Å². The molecule has 0 atom stereocenters. The Hall–Kier alpha value is -2.93. The van der Waals surface area contributed by atoms with Crippen molar-refractivity contribution < 1.29 is 9.53 Å². The molecule has 1 amide bonds. The largest absolute Gasteiger partial charge is 0.495 e. The van der Waals surface area contributed by atoms with Crippen LogP contribution in [0.5, 0.6) is 5.75 Å². The Morgan fingerprint density at radius 3 is 2.44 bits per heavy atom. The summed E-state index contributed by atoms with van der Waals surface area (Å²) in [5, 5.41) is 4.18. The number of hydrogen-bond acceptors (Lipinski definition) is 6. The Morgan fingerprint density at radius 2 is 1.70 bits per heavy atom. The number of para-hydroxylation sites is 2. The highest BCUT2D eigenvalue weighted by atomic mass is 32.1. The molecule has 6 nitrogen and oxygen atoms in total. The first-order valence-corrected chi connectivity index (χ1v) is 9.60. The summed E-state index contributed by atoms with van der Waals surface area (Å²) in [4.78, 5) is 17.8. The smallest absolute Gasteiger partial charge is 0.268 e. The first-order valence-electron chi connectivity index (χ1n) is 8.83. The number of rotatable bonds is 4. The fourth-order valence-corrected chi connectivity index (χ4v) is 3.96. The highest BCUT2D eigenvalue weighted by Gasteiger charge is 2.27. The zero-order valence-electron chi connectivity index (χ0n) is 15.0. The lowest BCUT2D eigenvalue weighted by Gasteiger charge is -2.36. The molecule has 4 rings (SSSR count). The van der Waals surface area contributed by atoms with Gasteiger partial charge in [0.2, 0.25) is 0 Å². The van der Waals surface area contributed by atoms with E-state index in [1.807, 2.05) is 53.4 Å². The van der Waals surface area contributed by atoms with Crippen LogP contribution in [-0.4, -0.2) is 53.7 Å². The maximum Gasteiger partial charge on any atom is 0.268 e. The molecule has 1 saturated heterocycles. The van der Waals surface area contributed by atoms with Gasteiger partial charge in [0.1, 0.15) is 16.3 Å². The van der Waals surface area contributed by atoms with Crippen LogP contribution in [0.3, 0.4) is 0 Å². The van der Waals surface area contributed by atoms with Crippen molar-refractivity contribution in [1.82, 2.24) is 14.5 Å². The van der Waals surface area contributed by atoms with Crippen LogP contribution in [-0.2, 0) is 0 Å². The molecule has 0 unspecified atom stereocenters. The Morgan fingerprint density at radius 1 is 1.00 bits per heavy atom. The van der Waals surface area contributed by atoms with Gasteiger partial charge in [-0.05, 0) is 23.7 Å².